The summed E-state index contributed by atoms with van der Waals surface area (Å²) in [4.78, 5) is 6.77. The van der Waals surface area contributed by atoms with Crippen LogP contribution in [0.5, 0.6) is 0 Å². The van der Waals surface area contributed by atoms with Gasteiger partial charge in [-0.15, -0.1) is 0 Å². The van der Waals surface area contributed by atoms with Crippen LogP contribution in [0.3, 0.4) is 0 Å². The van der Waals surface area contributed by atoms with E-state index in [-0.39, 0.29) is 23.6 Å². The quantitative estimate of drug-likeness (QED) is 0.734. The minimum atomic E-state index is -3.05. The highest BCUT2D eigenvalue weighted by molar-refractivity contribution is 8.13. The van der Waals surface area contributed by atoms with Gasteiger partial charge >= 0.3 is 0 Å². The first-order valence-corrected chi connectivity index (χ1v) is 11.7. The average Bonchev–Trinajstić information content (AvgIpc) is 3.05. The summed E-state index contributed by atoms with van der Waals surface area (Å²) in [6.07, 6.45) is 0. The fourth-order valence-electron chi connectivity index (χ4n) is 3.31. The monoisotopic (exact) mass is 426 g/mol. The van der Waals surface area contributed by atoms with Crippen molar-refractivity contribution in [2.75, 3.05) is 16.4 Å². The molecule has 2 aliphatic heterocycles. The van der Waals surface area contributed by atoms with E-state index >= 15 is 0 Å². The van der Waals surface area contributed by atoms with Gasteiger partial charge in [-0.05, 0) is 42.0 Å². The number of aliphatic imine (C=N–C) groups is 1. The largest absolute Gasteiger partial charge is 0.315 e. The number of anilines is 1. The first kappa shape index (κ1) is 18.2. The zero-order chi connectivity index (χ0) is 18.3. The van der Waals surface area contributed by atoms with Crippen LogP contribution in [0.15, 0.2) is 53.5 Å². The third-order valence-electron chi connectivity index (χ3n) is 4.47. The second-order valence-electron chi connectivity index (χ2n) is 6.39. The number of rotatable bonds is 3. The summed E-state index contributed by atoms with van der Waals surface area (Å²) in [5.41, 5.74) is 2.02. The van der Waals surface area contributed by atoms with Gasteiger partial charge in [0, 0.05) is 21.5 Å². The van der Waals surface area contributed by atoms with Gasteiger partial charge in [0.2, 0.25) is 0 Å². The summed E-state index contributed by atoms with van der Waals surface area (Å²) in [6, 6.07) is 14.8. The molecule has 0 bridgehead atoms. The molecule has 4 rings (SSSR count). The Morgan fingerprint density at radius 3 is 2.58 bits per heavy atom. The van der Waals surface area contributed by atoms with Crippen molar-refractivity contribution in [1.82, 2.24) is 0 Å². The molecule has 0 radical (unpaired) electrons. The molecule has 2 atom stereocenters. The van der Waals surface area contributed by atoms with Crippen molar-refractivity contribution in [3.8, 4) is 0 Å². The van der Waals surface area contributed by atoms with Gasteiger partial charge in [-0.2, -0.15) is 0 Å². The van der Waals surface area contributed by atoms with Crippen LogP contribution in [0.1, 0.15) is 5.56 Å². The molecule has 0 spiro atoms. The highest BCUT2D eigenvalue weighted by atomic mass is 35.5. The number of benzene rings is 2. The van der Waals surface area contributed by atoms with E-state index in [1.54, 1.807) is 11.8 Å². The lowest BCUT2D eigenvalue weighted by atomic mass is 10.1. The van der Waals surface area contributed by atoms with Gasteiger partial charge in [0.1, 0.15) is 0 Å². The van der Waals surface area contributed by atoms with Gasteiger partial charge in [0.25, 0.3) is 0 Å². The Morgan fingerprint density at radius 2 is 1.85 bits per heavy atom. The molecule has 0 saturated carbocycles. The predicted octanol–water partition coefficient (Wildman–Crippen LogP) is 4.27. The van der Waals surface area contributed by atoms with Gasteiger partial charge in [-0.25, -0.2) is 8.42 Å². The zero-order valence-corrected chi connectivity index (χ0v) is 16.8. The molecule has 1 saturated heterocycles. The summed E-state index contributed by atoms with van der Waals surface area (Å²) in [5.74, 6) is 0.962. The number of thioether (sulfide) groups is 1. The van der Waals surface area contributed by atoms with Crippen LogP contribution < -0.4 is 4.90 Å². The van der Waals surface area contributed by atoms with Crippen LogP contribution in [0.2, 0.25) is 10.0 Å². The van der Waals surface area contributed by atoms with Crippen molar-refractivity contribution in [2.45, 2.75) is 17.8 Å². The summed E-state index contributed by atoms with van der Waals surface area (Å²) in [5, 5.41) is 2.19. The van der Waals surface area contributed by atoms with E-state index < -0.39 is 9.84 Å². The van der Waals surface area contributed by atoms with Crippen molar-refractivity contribution < 1.29 is 8.42 Å². The lowest BCUT2D eigenvalue weighted by Gasteiger charge is -2.26. The Labute approximate surface area is 167 Å². The average molecular weight is 427 g/mol. The molecule has 0 unspecified atom stereocenters. The third-order valence-corrected chi connectivity index (χ3v) is 7.69. The molecular formula is C18H16Cl2N2O2S2. The van der Waals surface area contributed by atoms with Gasteiger partial charge in [0.05, 0.1) is 23.6 Å². The molecule has 0 amide bonds. The van der Waals surface area contributed by atoms with E-state index in [9.17, 15) is 8.42 Å². The van der Waals surface area contributed by atoms with E-state index in [1.165, 1.54) is 0 Å². The van der Waals surface area contributed by atoms with Crippen LogP contribution in [0.4, 0.5) is 5.69 Å². The van der Waals surface area contributed by atoms with E-state index in [2.05, 4.69) is 0 Å². The summed E-state index contributed by atoms with van der Waals surface area (Å²) in [6.45, 7) is 0. The number of amidine groups is 1. The second-order valence-corrected chi connectivity index (χ2v) is 10.4. The SMILES string of the molecule is O=S1(=O)C[C@@H]2[C@@H](C1)N=C(SCc1cccc(Cl)c1)N2c1ccc(Cl)cc1. The van der Waals surface area contributed by atoms with E-state index in [1.807, 2.05) is 53.4 Å². The highest BCUT2D eigenvalue weighted by Gasteiger charge is 2.47. The molecule has 2 aromatic rings. The third kappa shape index (κ3) is 3.74. The molecule has 2 heterocycles. The number of nitrogens with zero attached hydrogens (tertiary/aromatic N) is 2. The molecule has 8 heteroatoms. The Balaban J connectivity index is 1.61. The Hall–Kier alpha value is -1.21. The van der Waals surface area contributed by atoms with Crippen LogP contribution in [-0.4, -0.2) is 37.2 Å². The summed E-state index contributed by atoms with van der Waals surface area (Å²) in [7, 11) is -3.05. The van der Waals surface area contributed by atoms with Crippen LogP contribution in [0, 0.1) is 0 Å². The minimum Gasteiger partial charge on any atom is -0.315 e. The summed E-state index contributed by atoms with van der Waals surface area (Å²) < 4.78 is 24.1. The highest BCUT2D eigenvalue weighted by Crippen LogP contribution is 2.36. The molecule has 2 aromatic carbocycles. The van der Waals surface area contributed by atoms with Crippen molar-refractivity contribution in [1.29, 1.82) is 0 Å². The first-order valence-electron chi connectivity index (χ1n) is 8.11. The number of hydrogen-bond acceptors (Lipinski definition) is 5. The molecule has 26 heavy (non-hydrogen) atoms. The topological polar surface area (TPSA) is 49.7 Å². The second kappa shape index (κ2) is 7.08. The molecule has 0 N–H and O–H groups in total. The van der Waals surface area contributed by atoms with Crippen molar-refractivity contribution >= 4 is 55.7 Å². The van der Waals surface area contributed by atoms with E-state index in [0.717, 1.165) is 22.2 Å². The molecule has 4 nitrogen and oxygen atoms in total. The molecular weight excluding hydrogens is 411 g/mol. The Bertz CT molecular complexity index is 961. The maximum absolute atomic E-state index is 12.1. The molecule has 0 aliphatic carbocycles. The molecule has 1 fully saturated rings. The van der Waals surface area contributed by atoms with Crippen LogP contribution in [0.25, 0.3) is 0 Å². The number of fused-ring (bicyclic) bond motifs is 1. The Morgan fingerprint density at radius 1 is 1.08 bits per heavy atom. The maximum Gasteiger partial charge on any atom is 0.164 e. The van der Waals surface area contributed by atoms with Crippen molar-refractivity contribution in [2.24, 2.45) is 4.99 Å². The smallest absolute Gasteiger partial charge is 0.164 e. The first-order chi connectivity index (χ1) is 12.4. The number of halogens is 2. The van der Waals surface area contributed by atoms with Crippen molar-refractivity contribution in [3.05, 3.63) is 64.1 Å². The molecule has 136 valence electrons. The normalized spacial score (nSPS) is 23.8. The fraction of sp³-hybridized carbons (Fsp3) is 0.278. The minimum absolute atomic E-state index is 0.114. The van der Waals surface area contributed by atoms with Crippen LogP contribution in [-0.2, 0) is 15.6 Å². The lowest BCUT2D eigenvalue weighted by molar-refractivity contribution is 0.601. The van der Waals surface area contributed by atoms with Gasteiger partial charge in [0.15, 0.2) is 15.0 Å². The van der Waals surface area contributed by atoms with Gasteiger partial charge in [-0.3, -0.25) is 4.99 Å². The van der Waals surface area contributed by atoms with Crippen LogP contribution >= 0.6 is 35.0 Å². The maximum atomic E-state index is 12.1. The predicted molar refractivity (Wildman–Crippen MR) is 110 cm³/mol. The van der Waals surface area contributed by atoms with Gasteiger partial charge in [-0.1, -0.05) is 47.1 Å². The number of sulfone groups is 1. The van der Waals surface area contributed by atoms with E-state index in [4.69, 9.17) is 28.2 Å². The number of hydrogen-bond donors (Lipinski definition) is 0. The summed E-state index contributed by atoms with van der Waals surface area (Å²) >= 11 is 13.7. The lowest BCUT2D eigenvalue weighted by Crippen LogP contribution is -2.39. The van der Waals surface area contributed by atoms with Crippen molar-refractivity contribution in [3.63, 3.8) is 0 Å². The molecule has 0 aromatic heterocycles. The standard InChI is InChI=1S/C18H16Cl2N2O2S2/c19-13-4-6-15(7-5-13)22-17-11-26(23,24)10-16(17)21-18(22)25-9-12-2-1-3-14(20)8-12/h1-8,16-17H,9-11H2/t16-,17-/m1/s1. The molecule has 2 aliphatic rings. The fourth-order valence-corrected chi connectivity index (χ4v) is 6.56. The Kier molecular flexibility index (Phi) is 4.94. The van der Waals surface area contributed by atoms with E-state index in [0.29, 0.717) is 10.0 Å². The zero-order valence-electron chi connectivity index (χ0n) is 13.7. The van der Waals surface area contributed by atoms with Gasteiger partial charge < -0.3 is 4.90 Å².